The highest BCUT2D eigenvalue weighted by atomic mass is 79.9. The predicted molar refractivity (Wildman–Crippen MR) is 126 cm³/mol. The van der Waals surface area contributed by atoms with Crippen molar-refractivity contribution >= 4 is 67.4 Å². The molecule has 2 aromatic carbocycles. The number of aromatic nitrogens is 3. The van der Waals surface area contributed by atoms with Crippen LogP contribution in [0.5, 0.6) is 5.75 Å². The topological polar surface area (TPSA) is 119 Å². The number of anilines is 2. The lowest BCUT2D eigenvalue weighted by Crippen LogP contribution is -2.16. The molecule has 1 amide bonds. The van der Waals surface area contributed by atoms with E-state index in [1.807, 2.05) is 36.4 Å². The maximum Gasteiger partial charge on any atom is 0.264 e. The largest absolute Gasteiger partial charge is 0.496 e. The second kappa shape index (κ2) is 10.5. The van der Waals surface area contributed by atoms with Crippen LogP contribution in [0.1, 0.15) is 5.56 Å². The van der Waals surface area contributed by atoms with Crippen LogP contribution in [0.4, 0.5) is 11.6 Å². The number of nitrogens with two attached hydrogens (primary N) is 1. The van der Waals surface area contributed by atoms with E-state index in [2.05, 4.69) is 57.9 Å². The Bertz CT molecular complexity index is 1070. The molecule has 1 aromatic heterocycles. The van der Waals surface area contributed by atoms with Crippen molar-refractivity contribution in [3.05, 3.63) is 57.0 Å². The number of nitrogens with one attached hydrogen (secondary N) is 2. The Morgan fingerprint density at radius 2 is 2.07 bits per heavy atom. The third-order valence-electron chi connectivity index (χ3n) is 3.67. The van der Waals surface area contributed by atoms with Gasteiger partial charge in [-0.25, -0.2) is 10.1 Å². The zero-order chi connectivity index (χ0) is 21.5. The molecule has 0 aliphatic heterocycles. The van der Waals surface area contributed by atoms with E-state index in [9.17, 15) is 4.79 Å². The molecule has 0 bridgehead atoms. The van der Waals surface area contributed by atoms with Crippen molar-refractivity contribution in [3.63, 3.8) is 0 Å². The normalized spacial score (nSPS) is 10.9. The molecule has 1 heterocycles. The van der Waals surface area contributed by atoms with Crippen molar-refractivity contribution in [1.29, 1.82) is 0 Å². The first-order valence-electron chi connectivity index (χ1n) is 8.47. The summed E-state index contributed by atoms with van der Waals surface area (Å²) in [7, 11) is 1.58. The van der Waals surface area contributed by atoms with Gasteiger partial charge >= 0.3 is 0 Å². The molecule has 3 aromatic rings. The van der Waals surface area contributed by atoms with E-state index >= 15 is 0 Å². The fraction of sp³-hybridized carbons (Fsp3) is 0.111. The second-order valence-electron chi connectivity index (χ2n) is 5.78. The summed E-state index contributed by atoms with van der Waals surface area (Å²) < 4.78 is 8.30. The molecular formula is C18H17Br2N7O2S. The Hall–Kier alpha value is -2.57. The first-order chi connectivity index (χ1) is 14.5. The monoisotopic (exact) mass is 553 g/mol. The molecule has 0 spiro atoms. The molecule has 3 rings (SSSR count). The highest BCUT2D eigenvalue weighted by molar-refractivity contribution is 9.10. The Morgan fingerprint density at radius 1 is 1.27 bits per heavy atom. The summed E-state index contributed by atoms with van der Waals surface area (Å²) in [6.45, 7) is 0. The van der Waals surface area contributed by atoms with Gasteiger partial charge in [-0.05, 0) is 36.4 Å². The van der Waals surface area contributed by atoms with Crippen LogP contribution in [0.2, 0.25) is 0 Å². The number of nitrogen functional groups attached to an aromatic ring is 1. The standard InChI is InChI=1S/C18H17Br2N7O2S/c1-29-15-6-5-13(20)7-11(15)9-22-24-17-25-26-18(27(17)21)30-10-16(28)23-14-4-2-3-12(19)8-14/h2-9H,10,21H2,1H3,(H,23,28)(H,24,25)/b22-9+. The molecule has 0 radical (unpaired) electrons. The van der Waals surface area contributed by atoms with Crippen molar-refractivity contribution in [2.75, 3.05) is 29.4 Å². The lowest BCUT2D eigenvalue weighted by atomic mass is 10.2. The number of amides is 1. The Balaban J connectivity index is 1.57. The molecule has 0 atom stereocenters. The van der Waals surface area contributed by atoms with Gasteiger partial charge in [0.25, 0.3) is 5.95 Å². The maximum absolute atomic E-state index is 12.1. The first-order valence-corrected chi connectivity index (χ1v) is 11.0. The lowest BCUT2D eigenvalue weighted by Gasteiger charge is -2.06. The number of rotatable bonds is 8. The molecule has 0 saturated carbocycles. The molecule has 0 fully saturated rings. The van der Waals surface area contributed by atoms with E-state index in [1.165, 1.54) is 4.68 Å². The van der Waals surface area contributed by atoms with Crippen molar-refractivity contribution in [1.82, 2.24) is 14.9 Å². The number of carbonyl (C=O) groups excluding carboxylic acids is 1. The number of halogens is 2. The summed E-state index contributed by atoms with van der Waals surface area (Å²) in [5, 5.41) is 15.2. The average molecular weight is 555 g/mol. The number of methoxy groups -OCH3 is 1. The van der Waals surface area contributed by atoms with Crippen molar-refractivity contribution in [2.45, 2.75) is 5.16 Å². The van der Waals surface area contributed by atoms with Crippen molar-refractivity contribution < 1.29 is 9.53 Å². The van der Waals surface area contributed by atoms with Crippen LogP contribution < -0.4 is 21.3 Å². The Kier molecular flexibility index (Phi) is 7.71. The Labute approximate surface area is 193 Å². The average Bonchev–Trinajstić information content (AvgIpc) is 3.06. The van der Waals surface area contributed by atoms with Crippen molar-refractivity contribution in [3.8, 4) is 5.75 Å². The molecular weight excluding hydrogens is 538 g/mol. The van der Waals surface area contributed by atoms with Crippen LogP contribution in [0.25, 0.3) is 0 Å². The summed E-state index contributed by atoms with van der Waals surface area (Å²) in [5.41, 5.74) is 4.19. The highest BCUT2D eigenvalue weighted by Gasteiger charge is 2.12. The number of thioether (sulfide) groups is 1. The van der Waals surface area contributed by atoms with Gasteiger partial charge in [0.05, 0.1) is 19.1 Å². The van der Waals surface area contributed by atoms with Gasteiger partial charge in [0.15, 0.2) is 0 Å². The summed E-state index contributed by atoms with van der Waals surface area (Å²) >= 11 is 7.93. The van der Waals surface area contributed by atoms with Crippen LogP contribution in [0.3, 0.4) is 0 Å². The minimum absolute atomic E-state index is 0.125. The highest BCUT2D eigenvalue weighted by Crippen LogP contribution is 2.22. The van der Waals surface area contributed by atoms with Crippen LogP contribution in [0, 0.1) is 0 Å². The van der Waals surface area contributed by atoms with Gasteiger partial charge in [0.1, 0.15) is 5.75 Å². The fourth-order valence-corrected chi connectivity index (χ4v) is 3.75. The van der Waals surface area contributed by atoms with E-state index < -0.39 is 0 Å². The number of hydrogen-bond acceptors (Lipinski definition) is 8. The molecule has 156 valence electrons. The van der Waals surface area contributed by atoms with Gasteiger partial charge in [-0.15, -0.1) is 10.2 Å². The number of hydrogen-bond donors (Lipinski definition) is 3. The van der Waals surface area contributed by atoms with Crippen LogP contribution >= 0.6 is 43.6 Å². The number of carbonyl (C=O) groups is 1. The molecule has 9 nitrogen and oxygen atoms in total. The zero-order valence-corrected chi connectivity index (χ0v) is 19.7. The quantitative estimate of drug-likeness (QED) is 0.168. The van der Waals surface area contributed by atoms with E-state index in [-0.39, 0.29) is 17.6 Å². The molecule has 0 saturated heterocycles. The van der Waals surface area contributed by atoms with E-state index in [4.69, 9.17) is 10.6 Å². The van der Waals surface area contributed by atoms with Crippen LogP contribution in [-0.2, 0) is 4.79 Å². The van der Waals surface area contributed by atoms with Gasteiger partial charge < -0.3 is 15.9 Å². The maximum atomic E-state index is 12.1. The van der Waals surface area contributed by atoms with E-state index in [0.717, 1.165) is 26.3 Å². The predicted octanol–water partition coefficient (Wildman–Crippen LogP) is 3.70. The van der Waals surface area contributed by atoms with Gasteiger partial charge in [-0.1, -0.05) is 49.7 Å². The zero-order valence-electron chi connectivity index (χ0n) is 15.7. The van der Waals surface area contributed by atoms with E-state index in [1.54, 1.807) is 19.4 Å². The summed E-state index contributed by atoms with van der Waals surface area (Å²) in [6, 6.07) is 12.9. The second-order valence-corrected chi connectivity index (χ2v) is 8.55. The number of nitrogens with zero attached hydrogens (tertiary/aromatic N) is 4. The number of hydrazone groups is 1. The summed E-state index contributed by atoms with van der Waals surface area (Å²) in [4.78, 5) is 12.1. The smallest absolute Gasteiger partial charge is 0.264 e. The number of benzene rings is 2. The Morgan fingerprint density at radius 3 is 2.83 bits per heavy atom. The summed E-state index contributed by atoms with van der Waals surface area (Å²) in [5.74, 6) is 6.83. The molecule has 4 N–H and O–H groups in total. The van der Waals surface area contributed by atoms with Crippen LogP contribution in [-0.4, -0.2) is 39.9 Å². The molecule has 0 aliphatic carbocycles. The lowest BCUT2D eigenvalue weighted by molar-refractivity contribution is -0.113. The third-order valence-corrected chi connectivity index (χ3v) is 5.59. The SMILES string of the molecule is COc1ccc(Br)cc1/C=N/Nc1nnc(SCC(=O)Nc2cccc(Br)c2)n1N. The minimum atomic E-state index is -0.185. The first kappa shape index (κ1) is 22.1. The van der Waals surface area contributed by atoms with Gasteiger partial charge in [0.2, 0.25) is 11.1 Å². The van der Waals surface area contributed by atoms with E-state index in [0.29, 0.717) is 16.6 Å². The molecule has 0 unspecified atom stereocenters. The van der Waals surface area contributed by atoms with Crippen LogP contribution in [0.15, 0.2) is 61.7 Å². The molecule has 30 heavy (non-hydrogen) atoms. The molecule has 0 aliphatic rings. The van der Waals surface area contributed by atoms with Gasteiger partial charge in [-0.2, -0.15) is 5.10 Å². The van der Waals surface area contributed by atoms with Gasteiger partial charge in [0, 0.05) is 20.2 Å². The van der Waals surface area contributed by atoms with Gasteiger partial charge in [-0.3, -0.25) is 4.79 Å². The third kappa shape index (κ3) is 5.97. The van der Waals surface area contributed by atoms with Crippen molar-refractivity contribution in [2.24, 2.45) is 5.10 Å². The fourth-order valence-electron chi connectivity index (χ4n) is 2.31. The summed E-state index contributed by atoms with van der Waals surface area (Å²) in [6.07, 6.45) is 1.58. The number of ether oxygens (including phenoxy) is 1. The minimum Gasteiger partial charge on any atom is -0.496 e. The molecule has 12 heteroatoms.